The topological polar surface area (TPSA) is 187 Å². The fourth-order valence-electron chi connectivity index (χ4n) is 8.30. The number of aromatic hydroxyl groups is 1. The zero-order valence-corrected chi connectivity index (χ0v) is 42.5. The fourth-order valence-corrected chi connectivity index (χ4v) is 9.38. The molecule has 3 aromatic rings. The molecule has 4 N–H and O–H groups in total. The van der Waals surface area contributed by atoms with E-state index in [4.69, 9.17) is 19.3 Å². The number of hydrogen-bond donors (Lipinski definition) is 4. The number of amides is 2. The van der Waals surface area contributed by atoms with E-state index in [1.165, 1.54) is 55.9 Å². The van der Waals surface area contributed by atoms with Gasteiger partial charge in [-0.1, -0.05) is 70.0 Å². The van der Waals surface area contributed by atoms with Crippen LogP contribution in [0.15, 0.2) is 70.5 Å². The molecule has 3 aromatic carbocycles. The molecule has 0 aliphatic carbocycles. The first-order valence-corrected chi connectivity index (χ1v) is 24.0. The fraction of sp³-hybridized carbons (Fsp3) is 0.531. The lowest BCUT2D eigenvalue weighted by atomic mass is 9.92. The Hall–Kier alpha value is -4.79. The van der Waals surface area contributed by atoms with E-state index in [2.05, 4.69) is 20.4 Å². The molecule has 2 fully saturated rings. The zero-order chi connectivity index (χ0) is 49.5. The second kappa shape index (κ2) is 28.3. The number of unbranched alkanes of at least 4 members (excludes halogenated alkanes) is 2. The van der Waals surface area contributed by atoms with Crippen molar-refractivity contribution in [3.05, 3.63) is 71.8 Å². The van der Waals surface area contributed by atoms with Crippen LogP contribution in [0.1, 0.15) is 89.1 Å². The normalized spacial score (nSPS) is 20.5. The summed E-state index contributed by atoms with van der Waals surface area (Å²) in [6.45, 7) is 15.0. The number of β-amino-alcohol motifs (C(OH)–C–C–N with tert-alkyl or cyclic N) is 1. The van der Waals surface area contributed by atoms with E-state index >= 15 is 0 Å². The van der Waals surface area contributed by atoms with Gasteiger partial charge in [0.1, 0.15) is 12.2 Å². The number of halogens is 5. The van der Waals surface area contributed by atoms with Crippen molar-refractivity contribution in [2.75, 3.05) is 62.6 Å². The van der Waals surface area contributed by atoms with Gasteiger partial charge >= 0.3 is 24.1 Å². The van der Waals surface area contributed by atoms with Gasteiger partial charge in [0.05, 0.1) is 40.7 Å². The zero-order valence-electron chi connectivity index (χ0n) is 40.1. The highest BCUT2D eigenvalue weighted by atomic mass is 35.5. The number of benzene rings is 3. The molecule has 5 atom stereocenters. The van der Waals surface area contributed by atoms with E-state index in [1.807, 2.05) is 49.9 Å². The average Bonchev–Trinajstić information content (AvgIpc) is 3.31. The Morgan fingerprint density at radius 2 is 1.53 bits per heavy atom. The van der Waals surface area contributed by atoms with E-state index < -0.39 is 71.6 Å². The highest BCUT2D eigenvalue weighted by molar-refractivity contribution is 7.99. The monoisotopic (exact) mass is 1040 g/mol. The lowest BCUT2D eigenvalue weighted by molar-refractivity contribution is -0.175. The Morgan fingerprint density at radius 3 is 2.17 bits per heavy atom. The molecule has 70 heavy (non-hydrogen) atoms. The van der Waals surface area contributed by atoms with Crippen molar-refractivity contribution in [1.29, 1.82) is 0 Å². The van der Waals surface area contributed by atoms with Crippen molar-refractivity contribution in [2.24, 2.45) is 11.8 Å². The smallest absolute Gasteiger partial charge is 0.416 e. The average molecular weight is 1050 g/mol. The van der Waals surface area contributed by atoms with Crippen molar-refractivity contribution in [2.45, 2.75) is 113 Å². The van der Waals surface area contributed by atoms with E-state index in [0.29, 0.717) is 38.0 Å². The third kappa shape index (κ3) is 16.4. The van der Waals surface area contributed by atoms with E-state index in [0.717, 1.165) is 67.5 Å². The van der Waals surface area contributed by atoms with Gasteiger partial charge in [0.15, 0.2) is 17.9 Å². The number of hydrogen-bond acceptors (Lipinski definition) is 14. The van der Waals surface area contributed by atoms with Gasteiger partial charge in [-0.15, -0.1) is 24.8 Å². The van der Waals surface area contributed by atoms with Crippen LogP contribution in [0.3, 0.4) is 0 Å². The molecule has 5 unspecified atom stereocenters. The number of cyclic esters (lactones) is 2. The quantitative estimate of drug-likeness (QED) is 0.0333. The van der Waals surface area contributed by atoms with Crippen LogP contribution in [0.25, 0.3) is 0 Å². The number of esters is 3. The number of carbonyl (C=O) groups excluding carboxylic acids is 5. The molecule has 3 aliphatic heterocycles. The van der Waals surface area contributed by atoms with Gasteiger partial charge in [0.2, 0.25) is 6.41 Å². The van der Waals surface area contributed by atoms with Crippen LogP contribution in [-0.2, 0) is 39.6 Å². The lowest BCUT2D eigenvalue weighted by Gasteiger charge is -2.36. The highest BCUT2D eigenvalue weighted by Gasteiger charge is 2.44. The highest BCUT2D eigenvalue weighted by Crippen LogP contribution is 2.49. The minimum atomic E-state index is -4.35. The number of para-hydroxylation sites is 2. The van der Waals surface area contributed by atoms with Crippen LogP contribution in [0.4, 0.5) is 30.2 Å². The van der Waals surface area contributed by atoms with Gasteiger partial charge < -0.3 is 44.9 Å². The van der Waals surface area contributed by atoms with Gasteiger partial charge in [-0.2, -0.15) is 13.2 Å². The first-order chi connectivity index (χ1) is 32.4. The van der Waals surface area contributed by atoms with Crippen molar-refractivity contribution < 1.29 is 61.6 Å². The number of rotatable bonds is 17. The molecule has 15 nitrogen and oxygen atoms in total. The number of aliphatic hydroxyl groups excluding tert-OH is 1. The van der Waals surface area contributed by atoms with Crippen molar-refractivity contribution in [1.82, 2.24) is 15.1 Å². The number of fused-ring (bicyclic) bond motifs is 2. The second-order valence-electron chi connectivity index (χ2n) is 17.5. The molecule has 0 saturated carbocycles. The first-order valence-electron chi connectivity index (χ1n) is 23.2. The number of phenols is 1. The number of aliphatic hydroxyl groups is 1. The number of nitrogens with zero attached hydrogens (tertiary/aromatic N) is 3. The molecule has 0 aromatic heterocycles. The summed E-state index contributed by atoms with van der Waals surface area (Å²) in [5.74, 6) is -4.27. The summed E-state index contributed by atoms with van der Waals surface area (Å²) < 4.78 is 56.8. The van der Waals surface area contributed by atoms with E-state index in [-0.39, 0.29) is 55.0 Å². The summed E-state index contributed by atoms with van der Waals surface area (Å²) in [5.41, 5.74) is 0.794. The minimum Gasteiger partial charge on any atom is -0.505 e. The van der Waals surface area contributed by atoms with Gasteiger partial charge in [-0.25, -0.2) is 4.79 Å². The number of nitrogens with one attached hydrogen (secondary N) is 2. The molecule has 3 aliphatic rings. The Balaban J connectivity index is 0.000000368. The predicted octanol–water partition coefficient (Wildman–Crippen LogP) is 8.24. The molecule has 21 heteroatoms. The SMILES string of the molecule is CCCCCC1C(=O)OC(C)C(NC(=O)c2cccc(NC=O)c2O)C(=O)OC(C)C1OC(=O)CC(C)C.Cl.Cl.OCCN1CCN(CCCN2c3ccccc3Sc3ccc(C(F)(F)F)cc32)CC1. The maximum Gasteiger partial charge on any atom is 0.416 e. The summed E-state index contributed by atoms with van der Waals surface area (Å²) in [4.78, 5) is 71.3. The summed E-state index contributed by atoms with van der Waals surface area (Å²) in [6, 6.07) is 14.7. The van der Waals surface area contributed by atoms with Crippen LogP contribution in [0.5, 0.6) is 5.75 Å². The van der Waals surface area contributed by atoms with Crippen molar-refractivity contribution in [3.63, 3.8) is 0 Å². The number of piperazine rings is 1. The summed E-state index contributed by atoms with van der Waals surface area (Å²) in [6.07, 6.45) is -3.42. The third-order valence-corrected chi connectivity index (χ3v) is 13.1. The van der Waals surface area contributed by atoms with Gasteiger partial charge in [0, 0.05) is 55.5 Å². The van der Waals surface area contributed by atoms with Crippen LogP contribution in [-0.4, -0.2) is 127 Å². The number of phenolic OH excluding ortho intramolecular Hbond substituents is 1. The second-order valence-corrected chi connectivity index (χ2v) is 18.6. The summed E-state index contributed by atoms with van der Waals surface area (Å²) in [7, 11) is 0. The van der Waals surface area contributed by atoms with Crippen LogP contribution < -0.4 is 15.5 Å². The Kier molecular flexibility index (Phi) is 24.1. The van der Waals surface area contributed by atoms with Crippen LogP contribution in [0.2, 0.25) is 0 Å². The Labute approximate surface area is 424 Å². The largest absolute Gasteiger partial charge is 0.505 e. The number of alkyl halides is 3. The Morgan fingerprint density at radius 1 is 0.871 bits per heavy atom. The molecule has 2 saturated heterocycles. The molecule has 0 bridgehead atoms. The van der Waals surface area contributed by atoms with E-state index in [1.54, 1.807) is 6.07 Å². The predicted molar refractivity (Wildman–Crippen MR) is 265 cm³/mol. The molecular formula is C49H66Cl2F3N5O10S. The summed E-state index contributed by atoms with van der Waals surface area (Å²) in [5, 5.41) is 24.2. The third-order valence-electron chi connectivity index (χ3n) is 11.9. The molecular weight excluding hydrogens is 979 g/mol. The van der Waals surface area contributed by atoms with Crippen LogP contribution >= 0.6 is 36.6 Å². The molecule has 0 radical (unpaired) electrons. The van der Waals surface area contributed by atoms with Crippen LogP contribution in [0, 0.1) is 11.8 Å². The molecule has 6 rings (SSSR count). The Bertz CT molecular complexity index is 2200. The number of carbonyl (C=O) groups is 5. The van der Waals surface area contributed by atoms with Gasteiger partial charge in [-0.3, -0.25) is 24.1 Å². The molecule has 0 spiro atoms. The van der Waals surface area contributed by atoms with Crippen molar-refractivity contribution >= 4 is 83.9 Å². The van der Waals surface area contributed by atoms with Crippen molar-refractivity contribution in [3.8, 4) is 5.75 Å². The molecule has 388 valence electrons. The molecule has 2 amide bonds. The maximum absolute atomic E-state index is 13.3. The number of ether oxygens (including phenoxy) is 3. The minimum absolute atomic E-state index is 0. The first kappa shape index (κ1) is 59.5. The maximum atomic E-state index is 13.3. The summed E-state index contributed by atoms with van der Waals surface area (Å²) >= 11 is 1.53. The van der Waals surface area contributed by atoms with Gasteiger partial charge in [-0.05, 0) is 81.6 Å². The van der Waals surface area contributed by atoms with Gasteiger partial charge in [0.25, 0.3) is 5.91 Å². The standard InChI is InChI=1S/C27H38N2O9.C22H26F3N3OS.2ClH/c1-6-7-8-10-19-24(38-21(31)13-15(2)3)17(5)37-27(35)22(16(4)36-26(19)34)29-25(33)18-11-9-12-20(23(18)32)28-14-30;23-22(24,25)17-6-7-21-19(16-17)28(18-4-1-2-5-20(18)30-21)9-3-8-26-10-12-27(13-11-26)14-15-29;;/h9,11-12,14-17,19,22,24,32H,6-8,10,13H2,1-5H3,(H,28,30)(H,29,33);1-2,4-7,16,29H,3,8-15H2;2*1H. The van der Waals surface area contributed by atoms with E-state index in [9.17, 15) is 42.3 Å². The lowest BCUT2D eigenvalue weighted by Crippen LogP contribution is -2.50. The number of anilines is 3. The molecule has 3 heterocycles.